The third-order valence-corrected chi connectivity index (χ3v) is 4.31. The Labute approximate surface area is 104 Å². The van der Waals surface area contributed by atoms with Gasteiger partial charge in [-0.25, -0.2) is 0 Å². The lowest BCUT2D eigenvalue weighted by Gasteiger charge is -2.45. The minimum absolute atomic E-state index is 0.0809. The second-order valence-electron chi connectivity index (χ2n) is 6.25. The fourth-order valence-electron chi connectivity index (χ4n) is 2.47. The minimum atomic E-state index is 0.0809. The van der Waals surface area contributed by atoms with E-state index in [1.165, 1.54) is 12.8 Å². The van der Waals surface area contributed by atoms with Gasteiger partial charge in [0, 0.05) is 37.6 Å². The Kier molecular flexibility index (Phi) is 3.46. The van der Waals surface area contributed by atoms with E-state index >= 15 is 0 Å². The molecule has 1 saturated heterocycles. The molecule has 0 aromatic rings. The van der Waals surface area contributed by atoms with Gasteiger partial charge in [0.15, 0.2) is 0 Å². The summed E-state index contributed by atoms with van der Waals surface area (Å²) in [5.74, 6) is 0.852. The zero-order valence-corrected chi connectivity index (χ0v) is 11.3. The van der Waals surface area contributed by atoms with Crippen LogP contribution in [0.5, 0.6) is 0 Å². The SMILES string of the molecule is CN1CCN(C(=O)CC(N)C2CC2)CC1(C)C. The Balaban J connectivity index is 1.87. The van der Waals surface area contributed by atoms with Gasteiger partial charge < -0.3 is 10.6 Å². The van der Waals surface area contributed by atoms with E-state index < -0.39 is 0 Å². The summed E-state index contributed by atoms with van der Waals surface area (Å²) in [4.78, 5) is 16.5. The largest absolute Gasteiger partial charge is 0.340 e. The fraction of sp³-hybridized carbons (Fsp3) is 0.923. The van der Waals surface area contributed by atoms with Crippen LogP contribution >= 0.6 is 0 Å². The molecule has 1 aliphatic carbocycles. The van der Waals surface area contributed by atoms with Crippen LogP contribution in [-0.2, 0) is 4.79 Å². The number of amides is 1. The second kappa shape index (κ2) is 4.58. The highest BCUT2D eigenvalue weighted by atomic mass is 16.2. The molecule has 0 aromatic heterocycles. The van der Waals surface area contributed by atoms with Crippen LogP contribution in [-0.4, -0.2) is 54.0 Å². The van der Waals surface area contributed by atoms with Crippen molar-refractivity contribution in [3.63, 3.8) is 0 Å². The Morgan fingerprint density at radius 1 is 1.41 bits per heavy atom. The van der Waals surface area contributed by atoms with E-state index in [4.69, 9.17) is 5.73 Å². The molecule has 2 aliphatic rings. The molecule has 17 heavy (non-hydrogen) atoms. The summed E-state index contributed by atoms with van der Waals surface area (Å²) in [6.45, 7) is 6.99. The first kappa shape index (κ1) is 12.8. The first-order valence-corrected chi connectivity index (χ1v) is 6.65. The number of hydrogen-bond donors (Lipinski definition) is 1. The Hall–Kier alpha value is -0.610. The molecule has 2 fully saturated rings. The summed E-state index contributed by atoms with van der Waals surface area (Å²) < 4.78 is 0. The fourth-order valence-corrected chi connectivity index (χ4v) is 2.47. The number of rotatable bonds is 3. The summed E-state index contributed by atoms with van der Waals surface area (Å²) in [6, 6.07) is 0.0882. The standard InChI is InChI=1S/C13H25N3O/c1-13(2)9-16(7-6-15(13)3)12(17)8-11(14)10-4-5-10/h10-11H,4-9,14H2,1-3H3. The maximum absolute atomic E-state index is 12.2. The lowest BCUT2D eigenvalue weighted by molar-refractivity contribution is -0.136. The van der Waals surface area contributed by atoms with Gasteiger partial charge in [0.2, 0.25) is 5.91 Å². The predicted molar refractivity (Wildman–Crippen MR) is 68.6 cm³/mol. The minimum Gasteiger partial charge on any atom is -0.340 e. The average Bonchev–Trinajstić information content (AvgIpc) is 3.05. The summed E-state index contributed by atoms with van der Waals surface area (Å²) in [5.41, 5.74) is 6.10. The monoisotopic (exact) mass is 239 g/mol. The Morgan fingerprint density at radius 2 is 2.06 bits per heavy atom. The van der Waals surface area contributed by atoms with Crippen molar-refractivity contribution < 1.29 is 4.79 Å². The lowest BCUT2D eigenvalue weighted by Crippen LogP contribution is -2.59. The quantitative estimate of drug-likeness (QED) is 0.787. The summed E-state index contributed by atoms with van der Waals surface area (Å²) in [6.07, 6.45) is 2.95. The number of nitrogens with zero attached hydrogens (tertiary/aromatic N) is 2. The number of carbonyl (C=O) groups is 1. The van der Waals surface area contributed by atoms with E-state index in [1.807, 2.05) is 4.90 Å². The van der Waals surface area contributed by atoms with Crippen LogP contribution in [0.2, 0.25) is 0 Å². The van der Waals surface area contributed by atoms with Crippen molar-refractivity contribution in [1.82, 2.24) is 9.80 Å². The molecule has 1 saturated carbocycles. The van der Waals surface area contributed by atoms with Crippen molar-refractivity contribution in [1.29, 1.82) is 0 Å². The molecule has 1 unspecified atom stereocenters. The number of nitrogens with two attached hydrogens (primary N) is 1. The first-order chi connectivity index (χ1) is 7.90. The molecule has 98 valence electrons. The van der Waals surface area contributed by atoms with Crippen LogP contribution in [0, 0.1) is 5.92 Å². The molecule has 0 spiro atoms. The van der Waals surface area contributed by atoms with Gasteiger partial charge in [-0.05, 0) is 39.7 Å². The number of likely N-dealkylation sites (N-methyl/N-ethyl adjacent to an activating group) is 1. The third kappa shape index (κ3) is 2.99. The highest BCUT2D eigenvalue weighted by Gasteiger charge is 2.35. The topological polar surface area (TPSA) is 49.6 Å². The van der Waals surface area contributed by atoms with E-state index in [0.717, 1.165) is 19.6 Å². The van der Waals surface area contributed by atoms with E-state index in [2.05, 4.69) is 25.8 Å². The van der Waals surface area contributed by atoms with Crippen LogP contribution in [0.1, 0.15) is 33.1 Å². The van der Waals surface area contributed by atoms with Crippen LogP contribution in [0.4, 0.5) is 0 Å². The Morgan fingerprint density at radius 3 is 2.59 bits per heavy atom. The third-order valence-electron chi connectivity index (χ3n) is 4.31. The molecule has 0 radical (unpaired) electrons. The van der Waals surface area contributed by atoms with Crippen LogP contribution in [0.25, 0.3) is 0 Å². The molecule has 0 aromatic carbocycles. The molecule has 1 amide bonds. The smallest absolute Gasteiger partial charge is 0.224 e. The van der Waals surface area contributed by atoms with Crippen molar-refractivity contribution in [2.24, 2.45) is 11.7 Å². The van der Waals surface area contributed by atoms with E-state index in [1.54, 1.807) is 0 Å². The highest BCUT2D eigenvalue weighted by molar-refractivity contribution is 5.77. The molecule has 1 atom stereocenters. The number of carbonyl (C=O) groups excluding carboxylic acids is 1. The molecular formula is C13H25N3O. The molecule has 0 bridgehead atoms. The van der Waals surface area contributed by atoms with E-state index in [-0.39, 0.29) is 17.5 Å². The van der Waals surface area contributed by atoms with Crippen molar-refractivity contribution in [3.8, 4) is 0 Å². The van der Waals surface area contributed by atoms with Gasteiger partial charge in [-0.3, -0.25) is 9.69 Å². The van der Waals surface area contributed by atoms with Crippen LogP contribution < -0.4 is 5.73 Å². The van der Waals surface area contributed by atoms with Crippen LogP contribution in [0.3, 0.4) is 0 Å². The van der Waals surface area contributed by atoms with Gasteiger partial charge >= 0.3 is 0 Å². The summed E-state index contributed by atoms with van der Waals surface area (Å²) in [5, 5.41) is 0. The second-order valence-corrected chi connectivity index (χ2v) is 6.25. The highest BCUT2D eigenvalue weighted by Crippen LogP contribution is 2.33. The van der Waals surface area contributed by atoms with Gasteiger partial charge in [0.25, 0.3) is 0 Å². The van der Waals surface area contributed by atoms with Gasteiger partial charge in [0.05, 0.1) is 0 Å². The number of piperazine rings is 1. The molecule has 1 heterocycles. The van der Waals surface area contributed by atoms with Gasteiger partial charge in [-0.1, -0.05) is 0 Å². The maximum Gasteiger partial charge on any atom is 0.224 e. The lowest BCUT2D eigenvalue weighted by atomic mass is 9.99. The number of hydrogen-bond acceptors (Lipinski definition) is 3. The molecule has 4 nitrogen and oxygen atoms in total. The van der Waals surface area contributed by atoms with E-state index in [0.29, 0.717) is 12.3 Å². The normalized spacial score (nSPS) is 26.9. The molecule has 4 heteroatoms. The molecule has 2 N–H and O–H groups in total. The summed E-state index contributed by atoms with van der Waals surface area (Å²) in [7, 11) is 2.12. The van der Waals surface area contributed by atoms with Crippen molar-refractivity contribution >= 4 is 5.91 Å². The zero-order chi connectivity index (χ0) is 12.6. The summed E-state index contributed by atoms with van der Waals surface area (Å²) >= 11 is 0. The van der Waals surface area contributed by atoms with Crippen molar-refractivity contribution in [2.75, 3.05) is 26.7 Å². The zero-order valence-electron chi connectivity index (χ0n) is 11.3. The van der Waals surface area contributed by atoms with Gasteiger partial charge in [-0.15, -0.1) is 0 Å². The predicted octanol–water partition coefficient (Wildman–Crippen LogP) is 0.666. The first-order valence-electron chi connectivity index (χ1n) is 6.65. The molecular weight excluding hydrogens is 214 g/mol. The van der Waals surface area contributed by atoms with Crippen molar-refractivity contribution in [2.45, 2.75) is 44.7 Å². The van der Waals surface area contributed by atoms with Gasteiger partial charge in [0.1, 0.15) is 0 Å². The molecule has 1 aliphatic heterocycles. The Bertz CT molecular complexity index is 299. The van der Waals surface area contributed by atoms with Crippen molar-refractivity contribution in [3.05, 3.63) is 0 Å². The molecule has 2 rings (SSSR count). The maximum atomic E-state index is 12.2. The van der Waals surface area contributed by atoms with Crippen LogP contribution in [0.15, 0.2) is 0 Å². The van der Waals surface area contributed by atoms with E-state index in [9.17, 15) is 4.79 Å². The average molecular weight is 239 g/mol. The van der Waals surface area contributed by atoms with Gasteiger partial charge in [-0.2, -0.15) is 0 Å².